The minimum atomic E-state index is -0.758. The summed E-state index contributed by atoms with van der Waals surface area (Å²) >= 11 is 0. The fraction of sp³-hybridized carbons (Fsp3) is 0.936. The Morgan fingerprint density at radius 3 is 0.925 bits per heavy atom. The molecule has 0 aromatic rings. The lowest BCUT2D eigenvalue weighted by Gasteiger charge is -2.18. The molecule has 0 fully saturated rings. The zero-order valence-electron chi connectivity index (χ0n) is 36.0. The van der Waals surface area contributed by atoms with Gasteiger partial charge in [-0.2, -0.15) is 0 Å². The van der Waals surface area contributed by atoms with Crippen LogP contribution in [-0.2, 0) is 28.6 Å². The highest BCUT2D eigenvalue weighted by molar-refractivity contribution is 5.71. The Morgan fingerprint density at radius 1 is 0.358 bits per heavy atom. The molecule has 314 valence electrons. The van der Waals surface area contributed by atoms with Crippen LogP contribution in [0.2, 0.25) is 0 Å². The fourth-order valence-electron chi connectivity index (χ4n) is 6.98. The Bertz CT molecular complexity index is 796. The zero-order valence-corrected chi connectivity index (χ0v) is 36.0. The molecule has 6 heteroatoms. The highest BCUT2D eigenvalue weighted by Gasteiger charge is 2.19. The van der Waals surface area contributed by atoms with E-state index in [4.69, 9.17) is 14.2 Å². The molecule has 0 bridgehead atoms. The minimum absolute atomic E-state index is 0.0637. The average Bonchev–Trinajstić information content (AvgIpc) is 3.14. The van der Waals surface area contributed by atoms with E-state index in [0.29, 0.717) is 19.3 Å². The molecule has 0 aliphatic rings. The van der Waals surface area contributed by atoms with Gasteiger partial charge in [0.2, 0.25) is 0 Å². The highest BCUT2D eigenvalue weighted by Crippen LogP contribution is 2.16. The molecule has 0 saturated carbocycles. The normalized spacial score (nSPS) is 11.9. The molecule has 53 heavy (non-hydrogen) atoms. The van der Waals surface area contributed by atoms with Crippen molar-refractivity contribution in [2.75, 3.05) is 13.2 Å². The summed E-state index contributed by atoms with van der Waals surface area (Å²) in [4.78, 5) is 37.7. The molecule has 0 spiro atoms. The first-order valence-corrected chi connectivity index (χ1v) is 23.4. The van der Waals surface area contributed by atoms with Gasteiger partial charge in [-0.05, 0) is 25.2 Å². The van der Waals surface area contributed by atoms with E-state index in [1.807, 2.05) is 0 Å². The molecule has 0 aliphatic heterocycles. The van der Waals surface area contributed by atoms with Crippen LogP contribution in [0.5, 0.6) is 0 Å². The maximum absolute atomic E-state index is 12.7. The van der Waals surface area contributed by atoms with Crippen molar-refractivity contribution >= 4 is 17.9 Å². The predicted molar refractivity (Wildman–Crippen MR) is 224 cm³/mol. The highest BCUT2D eigenvalue weighted by atomic mass is 16.6. The Morgan fingerprint density at radius 2 is 0.623 bits per heavy atom. The molecule has 0 heterocycles. The van der Waals surface area contributed by atoms with Crippen LogP contribution in [0.1, 0.15) is 259 Å². The van der Waals surface area contributed by atoms with Gasteiger partial charge in [-0.15, -0.1) is 0 Å². The van der Waals surface area contributed by atoms with E-state index in [9.17, 15) is 14.4 Å². The zero-order chi connectivity index (χ0) is 38.9. The topological polar surface area (TPSA) is 78.9 Å². The molecule has 6 nitrogen and oxygen atoms in total. The summed E-state index contributed by atoms with van der Waals surface area (Å²) in [6.45, 7) is 8.98. The fourth-order valence-corrected chi connectivity index (χ4v) is 6.98. The monoisotopic (exact) mass is 751 g/mol. The standard InChI is InChI=1S/C47H90O6/c1-5-7-9-11-13-15-18-23-26-30-34-38-45(48)51-41-44(53-47(50)40-36-32-28-21-14-12-10-8-6-2)42-52-46(49)39-35-31-27-24-20-17-16-19-22-25-29-33-37-43(3)4/h43-44H,5-42H2,1-4H3/t44-/m0/s1. The number of carbonyl (C=O) groups excluding carboxylic acids is 3. The van der Waals surface area contributed by atoms with Crippen LogP contribution >= 0.6 is 0 Å². The van der Waals surface area contributed by atoms with Crippen molar-refractivity contribution in [3.8, 4) is 0 Å². The van der Waals surface area contributed by atoms with Crippen molar-refractivity contribution < 1.29 is 28.6 Å². The first-order chi connectivity index (χ1) is 25.9. The van der Waals surface area contributed by atoms with Gasteiger partial charge in [0.15, 0.2) is 6.10 Å². The first kappa shape index (κ1) is 51.4. The average molecular weight is 751 g/mol. The second-order valence-corrected chi connectivity index (χ2v) is 16.5. The Hall–Kier alpha value is -1.59. The summed E-state index contributed by atoms with van der Waals surface area (Å²) in [5.74, 6) is -0.0211. The molecule has 0 aliphatic carbocycles. The van der Waals surface area contributed by atoms with Gasteiger partial charge in [0, 0.05) is 19.3 Å². The number of esters is 3. The van der Waals surface area contributed by atoms with Crippen LogP contribution in [0, 0.1) is 5.92 Å². The van der Waals surface area contributed by atoms with Gasteiger partial charge in [0.25, 0.3) is 0 Å². The van der Waals surface area contributed by atoms with Crippen molar-refractivity contribution in [2.24, 2.45) is 5.92 Å². The summed E-state index contributed by atoms with van der Waals surface area (Å²) in [7, 11) is 0. The Labute approximate surface area is 329 Å². The van der Waals surface area contributed by atoms with Crippen molar-refractivity contribution in [3.63, 3.8) is 0 Å². The van der Waals surface area contributed by atoms with E-state index < -0.39 is 6.10 Å². The largest absolute Gasteiger partial charge is 0.462 e. The summed E-state index contributed by atoms with van der Waals surface area (Å²) in [5, 5.41) is 0. The predicted octanol–water partition coefficient (Wildman–Crippen LogP) is 14.7. The van der Waals surface area contributed by atoms with Crippen LogP contribution in [0.15, 0.2) is 0 Å². The third-order valence-electron chi connectivity index (χ3n) is 10.5. The molecule has 0 unspecified atom stereocenters. The number of carbonyl (C=O) groups is 3. The van der Waals surface area contributed by atoms with Crippen LogP contribution in [-0.4, -0.2) is 37.2 Å². The van der Waals surface area contributed by atoms with E-state index in [0.717, 1.165) is 63.7 Å². The van der Waals surface area contributed by atoms with E-state index >= 15 is 0 Å². The van der Waals surface area contributed by atoms with E-state index in [1.54, 1.807) is 0 Å². The smallest absolute Gasteiger partial charge is 0.306 e. The third-order valence-corrected chi connectivity index (χ3v) is 10.5. The third kappa shape index (κ3) is 41.4. The number of ether oxygens (including phenoxy) is 3. The molecule has 0 aromatic heterocycles. The lowest BCUT2D eigenvalue weighted by atomic mass is 10.0. The molecule has 0 saturated heterocycles. The number of hydrogen-bond donors (Lipinski definition) is 0. The number of hydrogen-bond acceptors (Lipinski definition) is 6. The minimum Gasteiger partial charge on any atom is -0.462 e. The number of unbranched alkanes of at least 4 members (excludes halogenated alkanes) is 29. The van der Waals surface area contributed by atoms with E-state index in [2.05, 4.69) is 27.7 Å². The van der Waals surface area contributed by atoms with Crippen LogP contribution in [0.3, 0.4) is 0 Å². The van der Waals surface area contributed by atoms with E-state index in [-0.39, 0.29) is 31.1 Å². The molecule has 0 rings (SSSR count). The first-order valence-electron chi connectivity index (χ1n) is 23.4. The molecule has 0 amide bonds. The van der Waals surface area contributed by atoms with Gasteiger partial charge in [0.1, 0.15) is 13.2 Å². The number of rotatable bonds is 42. The van der Waals surface area contributed by atoms with Crippen LogP contribution in [0.25, 0.3) is 0 Å². The van der Waals surface area contributed by atoms with Gasteiger partial charge in [-0.1, -0.05) is 220 Å². The molecule has 0 aromatic carbocycles. The lowest BCUT2D eigenvalue weighted by Crippen LogP contribution is -2.30. The van der Waals surface area contributed by atoms with Gasteiger partial charge < -0.3 is 14.2 Å². The van der Waals surface area contributed by atoms with Gasteiger partial charge in [-0.25, -0.2) is 0 Å². The Kier molecular flexibility index (Phi) is 40.3. The summed E-state index contributed by atoms with van der Waals surface area (Å²) in [5.41, 5.74) is 0. The van der Waals surface area contributed by atoms with Crippen molar-refractivity contribution in [1.29, 1.82) is 0 Å². The molecular formula is C47H90O6. The quantitative estimate of drug-likeness (QED) is 0.0351. The van der Waals surface area contributed by atoms with Gasteiger partial charge in [-0.3, -0.25) is 14.4 Å². The summed E-state index contributed by atoms with van der Waals surface area (Å²) < 4.78 is 16.7. The maximum Gasteiger partial charge on any atom is 0.306 e. The van der Waals surface area contributed by atoms with Gasteiger partial charge in [0.05, 0.1) is 0 Å². The maximum atomic E-state index is 12.7. The molecule has 1 atom stereocenters. The van der Waals surface area contributed by atoms with Crippen molar-refractivity contribution in [3.05, 3.63) is 0 Å². The van der Waals surface area contributed by atoms with Crippen molar-refractivity contribution in [1.82, 2.24) is 0 Å². The van der Waals surface area contributed by atoms with Crippen molar-refractivity contribution in [2.45, 2.75) is 265 Å². The molecule has 0 N–H and O–H groups in total. The van der Waals surface area contributed by atoms with E-state index in [1.165, 1.54) is 154 Å². The second kappa shape index (κ2) is 41.6. The SMILES string of the molecule is CCCCCCCCCCCCCC(=O)OC[C@@H](COC(=O)CCCCCCCCCCCCCCC(C)C)OC(=O)CCCCCCCCCCC. The second-order valence-electron chi connectivity index (χ2n) is 16.5. The van der Waals surface area contributed by atoms with Crippen LogP contribution < -0.4 is 0 Å². The summed E-state index contributed by atoms with van der Waals surface area (Å²) in [6.07, 6.45) is 40.8. The molecule has 0 radical (unpaired) electrons. The molecular weight excluding hydrogens is 661 g/mol. The van der Waals surface area contributed by atoms with Gasteiger partial charge >= 0.3 is 17.9 Å². The van der Waals surface area contributed by atoms with Crippen LogP contribution in [0.4, 0.5) is 0 Å². The Balaban J connectivity index is 4.27. The summed E-state index contributed by atoms with van der Waals surface area (Å²) in [6, 6.07) is 0. The lowest BCUT2D eigenvalue weighted by molar-refractivity contribution is -0.167.